The van der Waals surface area contributed by atoms with Crippen molar-refractivity contribution >= 4 is 17.7 Å². The number of carbonyl (C=O) groups is 1. The zero-order valence-electron chi connectivity index (χ0n) is 11.0. The van der Waals surface area contributed by atoms with E-state index in [4.69, 9.17) is 5.73 Å². The third-order valence-electron chi connectivity index (χ3n) is 2.99. The molecule has 0 rings (SSSR count). The first-order chi connectivity index (χ1) is 7.58. The van der Waals surface area contributed by atoms with Crippen LogP contribution in [0.25, 0.3) is 0 Å². The van der Waals surface area contributed by atoms with Crippen molar-refractivity contribution in [2.24, 2.45) is 11.7 Å². The molecule has 0 aromatic rings. The van der Waals surface area contributed by atoms with Crippen LogP contribution in [-0.4, -0.2) is 42.4 Å². The summed E-state index contributed by atoms with van der Waals surface area (Å²) in [7, 11) is 1.92. The number of nitrogens with two attached hydrogens (primary N) is 1. The van der Waals surface area contributed by atoms with E-state index in [-0.39, 0.29) is 11.8 Å². The summed E-state index contributed by atoms with van der Waals surface area (Å²) < 4.78 is 0. The van der Waals surface area contributed by atoms with Gasteiger partial charge in [-0.1, -0.05) is 13.8 Å². The van der Waals surface area contributed by atoms with Crippen molar-refractivity contribution in [3.63, 3.8) is 0 Å². The maximum absolute atomic E-state index is 12.1. The zero-order valence-corrected chi connectivity index (χ0v) is 11.8. The number of amides is 1. The van der Waals surface area contributed by atoms with Crippen LogP contribution in [0.2, 0.25) is 0 Å². The molecule has 0 aromatic carbocycles. The lowest BCUT2D eigenvalue weighted by Crippen LogP contribution is -2.41. The monoisotopic (exact) mass is 246 g/mol. The SMILES string of the molecule is CCC(CSC)N(C)C(=O)C(C)CCCN. The van der Waals surface area contributed by atoms with E-state index in [0.29, 0.717) is 12.6 Å². The van der Waals surface area contributed by atoms with Crippen molar-refractivity contribution in [3.05, 3.63) is 0 Å². The maximum Gasteiger partial charge on any atom is 0.225 e. The molecule has 0 spiro atoms. The lowest BCUT2D eigenvalue weighted by molar-refractivity contribution is -0.135. The fraction of sp³-hybridized carbons (Fsp3) is 0.917. The molecule has 0 aliphatic carbocycles. The van der Waals surface area contributed by atoms with E-state index < -0.39 is 0 Å². The van der Waals surface area contributed by atoms with Gasteiger partial charge < -0.3 is 10.6 Å². The predicted octanol–water partition coefficient (Wildman–Crippen LogP) is 1.96. The van der Waals surface area contributed by atoms with Gasteiger partial charge in [0.05, 0.1) is 0 Å². The number of hydrogen-bond acceptors (Lipinski definition) is 3. The summed E-state index contributed by atoms with van der Waals surface area (Å²) >= 11 is 1.80. The molecule has 2 unspecified atom stereocenters. The molecule has 96 valence electrons. The van der Waals surface area contributed by atoms with Gasteiger partial charge in [-0.05, 0) is 32.1 Å². The van der Waals surface area contributed by atoms with Crippen molar-refractivity contribution in [2.75, 3.05) is 25.6 Å². The number of thioether (sulfide) groups is 1. The van der Waals surface area contributed by atoms with Crippen LogP contribution in [0, 0.1) is 5.92 Å². The Bertz CT molecular complexity index is 199. The Hall–Kier alpha value is -0.220. The molecule has 0 radical (unpaired) electrons. The lowest BCUT2D eigenvalue weighted by atomic mass is 10.0. The van der Waals surface area contributed by atoms with Gasteiger partial charge >= 0.3 is 0 Å². The number of carbonyl (C=O) groups excluding carboxylic acids is 1. The van der Waals surface area contributed by atoms with Crippen molar-refractivity contribution in [1.82, 2.24) is 4.90 Å². The van der Waals surface area contributed by atoms with Gasteiger partial charge in [0.15, 0.2) is 0 Å². The molecule has 1 amide bonds. The van der Waals surface area contributed by atoms with Crippen molar-refractivity contribution in [3.8, 4) is 0 Å². The van der Waals surface area contributed by atoms with Gasteiger partial charge in [0.25, 0.3) is 0 Å². The Labute approximate surface area is 104 Å². The van der Waals surface area contributed by atoms with Crippen LogP contribution < -0.4 is 5.73 Å². The quantitative estimate of drug-likeness (QED) is 0.712. The highest BCUT2D eigenvalue weighted by Gasteiger charge is 2.22. The van der Waals surface area contributed by atoms with Gasteiger partial charge in [-0.25, -0.2) is 0 Å². The molecule has 4 heteroatoms. The molecule has 0 aromatic heterocycles. The zero-order chi connectivity index (χ0) is 12.6. The standard InChI is InChI=1S/C12H26N2OS/c1-5-11(9-16-4)14(3)12(15)10(2)7-6-8-13/h10-11H,5-9,13H2,1-4H3. The molecule has 2 N–H and O–H groups in total. The van der Waals surface area contributed by atoms with Crippen molar-refractivity contribution in [2.45, 2.75) is 39.2 Å². The summed E-state index contributed by atoms with van der Waals surface area (Å²) in [6, 6.07) is 0.364. The van der Waals surface area contributed by atoms with Gasteiger partial charge in [0, 0.05) is 24.8 Å². The van der Waals surface area contributed by atoms with Crippen LogP contribution in [0.15, 0.2) is 0 Å². The summed E-state index contributed by atoms with van der Waals surface area (Å²) in [5, 5.41) is 0. The highest BCUT2D eigenvalue weighted by molar-refractivity contribution is 7.98. The second-order valence-corrected chi connectivity index (χ2v) is 5.21. The summed E-state index contributed by atoms with van der Waals surface area (Å²) in [4.78, 5) is 14.0. The smallest absolute Gasteiger partial charge is 0.225 e. The molecule has 0 bridgehead atoms. The Morgan fingerprint density at radius 2 is 2.12 bits per heavy atom. The lowest BCUT2D eigenvalue weighted by Gasteiger charge is -2.29. The normalized spacial score (nSPS) is 14.6. The van der Waals surface area contributed by atoms with Crippen LogP contribution in [0.1, 0.15) is 33.1 Å². The van der Waals surface area contributed by atoms with Crippen molar-refractivity contribution in [1.29, 1.82) is 0 Å². The highest BCUT2D eigenvalue weighted by atomic mass is 32.2. The molecule has 3 nitrogen and oxygen atoms in total. The molecular formula is C12H26N2OS. The van der Waals surface area contributed by atoms with E-state index in [1.807, 2.05) is 18.9 Å². The molecule has 16 heavy (non-hydrogen) atoms. The fourth-order valence-corrected chi connectivity index (χ4v) is 2.62. The maximum atomic E-state index is 12.1. The number of nitrogens with zero attached hydrogens (tertiary/aromatic N) is 1. The van der Waals surface area contributed by atoms with E-state index in [0.717, 1.165) is 25.0 Å². The minimum atomic E-state index is 0.101. The van der Waals surface area contributed by atoms with Crippen LogP contribution in [-0.2, 0) is 4.79 Å². The Morgan fingerprint density at radius 1 is 1.50 bits per heavy atom. The van der Waals surface area contributed by atoms with Gasteiger partial charge in [0.1, 0.15) is 0 Å². The average molecular weight is 246 g/mol. The summed E-state index contributed by atoms with van der Waals surface area (Å²) in [6.07, 6.45) is 4.93. The van der Waals surface area contributed by atoms with Crippen LogP contribution in [0.5, 0.6) is 0 Å². The minimum Gasteiger partial charge on any atom is -0.342 e. The fourth-order valence-electron chi connectivity index (χ4n) is 1.77. The van der Waals surface area contributed by atoms with E-state index >= 15 is 0 Å². The van der Waals surface area contributed by atoms with Crippen LogP contribution in [0.3, 0.4) is 0 Å². The molecule has 0 aliphatic rings. The topological polar surface area (TPSA) is 46.3 Å². The van der Waals surface area contributed by atoms with Gasteiger partial charge in [-0.15, -0.1) is 0 Å². The second kappa shape index (κ2) is 8.88. The molecule has 0 saturated heterocycles. The van der Waals surface area contributed by atoms with Gasteiger partial charge in [-0.2, -0.15) is 11.8 Å². The van der Waals surface area contributed by atoms with E-state index in [2.05, 4.69) is 13.2 Å². The average Bonchev–Trinajstić information content (AvgIpc) is 2.31. The largest absolute Gasteiger partial charge is 0.342 e. The first-order valence-corrected chi connectivity index (χ1v) is 7.43. The Kier molecular flexibility index (Phi) is 8.76. The molecule has 0 aliphatic heterocycles. The molecule has 2 atom stereocenters. The molecule has 0 fully saturated rings. The summed E-state index contributed by atoms with van der Waals surface area (Å²) in [6.45, 7) is 4.80. The Morgan fingerprint density at radius 3 is 2.56 bits per heavy atom. The third kappa shape index (κ3) is 5.21. The first kappa shape index (κ1) is 15.8. The van der Waals surface area contributed by atoms with Gasteiger partial charge in [-0.3, -0.25) is 4.79 Å². The van der Waals surface area contributed by atoms with Crippen LogP contribution >= 0.6 is 11.8 Å². The third-order valence-corrected chi connectivity index (χ3v) is 3.71. The molecular weight excluding hydrogens is 220 g/mol. The number of rotatable bonds is 8. The highest BCUT2D eigenvalue weighted by Crippen LogP contribution is 2.14. The van der Waals surface area contributed by atoms with E-state index in [9.17, 15) is 4.79 Å². The summed E-state index contributed by atoms with van der Waals surface area (Å²) in [5.74, 6) is 1.38. The predicted molar refractivity (Wildman–Crippen MR) is 72.7 cm³/mol. The van der Waals surface area contributed by atoms with E-state index in [1.165, 1.54) is 0 Å². The molecule has 0 heterocycles. The Balaban J connectivity index is 4.22. The van der Waals surface area contributed by atoms with E-state index in [1.54, 1.807) is 11.8 Å². The summed E-state index contributed by atoms with van der Waals surface area (Å²) in [5.41, 5.74) is 5.46. The van der Waals surface area contributed by atoms with Gasteiger partial charge in [0.2, 0.25) is 5.91 Å². The molecule has 0 saturated carbocycles. The van der Waals surface area contributed by atoms with Crippen LogP contribution in [0.4, 0.5) is 0 Å². The number of hydrogen-bond donors (Lipinski definition) is 1. The second-order valence-electron chi connectivity index (χ2n) is 4.30. The minimum absolute atomic E-state index is 0.101. The first-order valence-electron chi connectivity index (χ1n) is 6.04. The van der Waals surface area contributed by atoms with Crippen molar-refractivity contribution < 1.29 is 4.79 Å².